The van der Waals surface area contributed by atoms with Gasteiger partial charge in [0.05, 0.1) is 11.6 Å². The van der Waals surface area contributed by atoms with Crippen molar-refractivity contribution >= 4 is 23.6 Å². The molecule has 0 unspecified atom stereocenters. The standard InChI is InChI=1S/C11H14N2O4S/c1-3-7-9(6(2)17-12-7)10(14)13-5-18-4-8(13)11(15)16/h8H,3-5H2,1-2H3,(H,15,16)/t8-/m0/s1. The molecule has 18 heavy (non-hydrogen) atoms. The van der Waals surface area contributed by atoms with Crippen LogP contribution in [0.5, 0.6) is 0 Å². The van der Waals surface area contributed by atoms with Gasteiger partial charge in [0.2, 0.25) is 0 Å². The summed E-state index contributed by atoms with van der Waals surface area (Å²) < 4.78 is 5.01. The van der Waals surface area contributed by atoms with Crippen LogP contribution in [0.25, 0.3) is 0 Å². The third-order valence-corrected chi connectivity index (χ3v) is 3.92. The van der Waals surface area contributed by atoms with Crippen LogP contribution in [0.1, 0.15) is 28.7 Å². The van der Waals surface area contributed by atoms with Crippen LogP contribution in [0.3, 0.4) is 0 Å². The van der Waals surface area contributed by atoms with Gasteiger partial charge in [-0.1, -0.05) is 12.1 Å². The summed E-state index contributed by atoms with van der Waals surface area (Å²) in [7, 11) is 0. The molecule has 0 spiro atoms. The van der Waals surface area contributed by atoms with Gasteiger partial charge in [0.25, 0.3) is 5.91 Å². The number of aryl methyl sites for hydroxylation is 2. The Bertz CT molecular complexity index is 485. The Morgan fingerprint density at radius 3 is 2.94 bits per heavy atom. The Morgan fingerprint density at radius 2 is 2.33 bits per heavy atom. The fraction of sp³-hybridized carbons (Fsp3) is 0.545. The number of thioether (sulfide) groups is 1. The summed E-state index contributed by atoms with van der Waals surface area (Å²) in [5.74, 6) is -0.0161. The van der Waals surface area contributed by atoms with Gasteiger partial charge in [0.15, 0.2) is 0 Å². The van der Waals surface area contributed by atoms with Gasteiger partial charge in [0, 0.05) is 5.75 Å². The largest absolute Gasteiger partial charge is 0.480 e. The van der Waals surface area contributed by atoms with Crippen molar-refractivity contribution in [1.82, 2.24) is 10.1 Å². The number of carbonyl (C=O) groups excluding carboxylic acids is 1. The van der Waals surface area contributed by atoms with Gasteiger partial charge in [-0.15, -0.1) is 11.8 Å². The van der Waals surface area contributed by atoms with Crippen molar-refractivity contribution in [1.29, 1.82) is 0 Å². The van der Waals surface area contributed by atoms with E-state index in [0.717, 1.165) is 0 Å². The molecule has 1 amide bonds. The molecule has 0 aromatic carbocycles. The van der Waals surface area contributed by atoms with E-state index in [1.165, 1.54) is 16.7 Å². The van der Waals surface area contributed by atoms with Crippen molar-refractivity contribution in [3.05, 3.63) is 17.0 Å². The molecule has 2 rings (SSSR count). The third-order valence-electron chi connectivity index (χ3n) is 2.91. The minimum atomic E-state index is -0.972. The van der Waals surface area contributed by atoms with Crippen molar-refractivity contribution < 1.29 is 19.2 Å². The Balaban J connectivity index is 2.30. The Hall–Kier alpha value is -1.50. The highest BCUT2D eigenvalue weighted by molar-refractivity contribution is 7.99. The predicted octanol–water partition coefficient (Wildman–Crippen LogP) is 1.15. The molecule has 6 nitrogen and oxygen atoms in total. The van der Waals surface area contributed by atoms with E-state index in [1.807, 2.05) is 6.92 Å². The van der Waals surface area contributed by atoms with Crippen LogP contribution < -0.4 is 0 Å². The quantitative estimate of drug-likeness (QED) is 0.887. The molecule has 1 N–H and O–H groups in total. The Kier molecular flexibility index (Phi) is 3.60. The molecule has 0 radical (unpaired) electrons. The summed E-state index contributed by atoms with van der Waals surface area (Å²) in [6, 6.07) is -0.762. The number of hydrogen-bond acceptors (Lipinski definition) is 5. The lowest BCUT2D eigenvalue weighted by Gasteiger charge is -2.20. The lowest BCUT2D eigenvalue weighted by Crippen LogP contribution is -2.42. The molecule has 1 aliphatic rings. The topological polar surface area (TPSA) is 83.6 Å². The number of carboxylic acid groups (broad SMARTS) is 1. The van der Waals surface area contributed by atoms with E-state index in [2.05, 4.69) is 5.16 Å². The van der Waals surface area contributed by atoms with Gasteiger partial charge in [-0.3, -0.25) is 4.79 Å². The third kappa shape index (κ3) is 2.10. The van der Waals surface area contributed by atoms with E-state index in [9.17, 15) is 9.59 Å². The van der Waals surface area contributed by atoms with Crippen LogP contribution >= 0.6 is 11.8 Å². The monoisotopic (exact) mass is 270 g/mol. The molecule has 0 saturated carbocycles. The smallest absolute Gasteiger partial charge is 0.327 e. The second kappa shape index (κ2) is 5.01. The average Bonchev–Trinajstić information content (AvgIpc) is 2.94. The highest BCUT2D eigenvalue weighted by Gasteiger charge is 2.37. The Morgan fingerprint density at radius 1 is 1.61 bits per heavy atom. The number of nitrogens with zero attached hydrogens (tertiary/aromatic N) is 2. The number of amides is 1. The van der Waals surface area contributed by atoms with Gasteiger partial charge in [-0.25, -0.2) is 4.79 Å². The first-order chi connectivity index (χ1) is 8.56. The number of carbonyl (C=O) groups is 2. The zero-order valence-electron chi connectivity index (χ0n) is 10.2. The second-order valence-corrected chi connectivity index (χ2v) is 5.04. The van der Waals surface area contributed by atoms with Gasteiger partial charge in [0.1, 0.15) is 17.4 Å². The summed E-state index contributed by atoms with van der Waals surface area (Å²) in [5, 5.41) is 12.9. The first-order valence-corrected chi connectivity index (χ1v) is 6.78. The Labute approximate surface area is 108 Å². The molecule has 0 bridgehead atoms. The molecule has 1 saturated heterocycles. The normalized spacial score (nSPS) is 19.2. The molecular formula is C11H14N2O4S. The minimum Gasteiger partial charge on any atom is -0.480 e. The fourth-order valence-electron chi connectivity index (χ4n) is 1.92. The maximum absolute atomic E-state index is 12.4. The molecule has 1 fully saturated rings. The summed E-state index contributed by atoms with van der Waals surface area (Å²) in [4.78, 5) is 24.8. The highest BCUT2D eigenvalue weighted by Crippen LogP contribution is 2.25. The van der Waals surface area contributed by atoms with Gasteiger partial charge < -0.3 is 14.5 Å². The van der Waals surface area contributed by atoms with E-state index in [4.69, 9.17) is 9.63 Å². The van der Waals surface area contributed by atoms with Crippen LogP contribution in [-0.2, 0) is 11.2 Å². The van der Waals surface area contributed by atoms with Crippen molar-refractivity contribution in [3.63, 3.8) is 0 Å². The van der Waals surface area contributed by atoms with Crippen LogP contribution in [0.4, 0.5) is 0 Å². The second-order valence-electron chi connectivity index (χ2n) is 4.04. The summed E-state index contributed by atoms with van der Waals surface area (Å²) in [5.41, 5.74) is 0.991. The maximum Gasteiger partial charge on any atom is 0.327 e. The number of aromatic nitrogens is 1. The van der Waals surface area contributed by atoms with Crippen molar-refractivity contribution in [2.75, 3.05) is 11.6 Å². The average molecular weight is 270 g/mol. The molecule has 7 heteroatoms. The van der Waals surface area contributed by atoms with Gasteiger partial charge in [-0.2, -0.15) is 0 Å². The first kappa shape index (κ1) is 12.9. The number of carboxylic acids is 1. The zero-order valence-corrected chi connectivity index (χ0v) is 11.0. The SMILES string of the molecule is CCc1noc(C)c1C(=O)N1CSC[C@H]1C(=O)O. The molecular weight excluding hydrogens is 256 g/mol. The lowest BCUT2D eigenvalue weighted by atomic mass is 10.1. The summed E-state index contributed by atoms with van der Waals surface area (Å²) in [6.07, 6.45) is 0.580. The zero-order chi connectivity index (χ0) is 13.3. The van der Waals surface area contributed by atoms with Crippen molar-refractivity contribution in [2.24, 2.45) is 0 Å². The van der Waals surface area contributed by atoms with Crippen molar-refractivity contribution in [3.8, 4) is 0 Å². The minimum absolute atomic E-state index is 0.303. The molecule has 1 atom stereocenters. The number of hydrogen-bond donors (Lipinski definition) is 1. The fourth-order valence-corrected chi connectivity index (χ4v) is 3.07. The van der Waals surface area contributed by atoms with Gasteiger partial charge in [-0.05, 0) is 13.3 Å². The van der Waals surface area contributed by atoms with E-state index in [0.29, 0.717) is 35.1 Å². The maximum atomic E-state index is 12.4. The number of aliphatic carboxylic acids is 1. The van der Waals surface area contributed by atoms with Crippen LogP contribution in [0, 0.1) is 6.92 Å². The molecule has 1 aliphatic heterocycles. The molecule has 1 aromatic rings. The van der Waals surface area contributed by atoms with E-state index in [-0.39, 0.29) is 5.91 Å². The van der Waals surface area contributed by atoms with Crippen molar-refractivity contribution in [2.45, 2.75) is 26.3 Å². The van der Waals surface area contributed by atoms with Crippen LogP contribution in [0.15, 0.2) is 4.52 Å². The highest BCUT2D eigenvalue weighted by atomic mass is 32.2. The van der Waals surface area contributed by atoms with E-state index in [1.54, 1.807) is 6.92 Å². The molecule has 1 aromatic heterocycles. The van der Waals surface area contributed by atoms with Crippen LogP contribution in [-0.4, -0.2) is 44.7 Å². The van der Waals surface area contributed by atoms with Gasteiger partial charge >= 0.3 is 5.97 Å². The lowest BCUT2D eigenvalue weighted by molar-refractivity contribution is -0.140. The molecule has 2 heterocycles. The molecule has 98 valence electrons. The van der Waals surface area contributed by atoms with E-state index >= 15 is 0 Å². The first-order valence-electron chi connectivity index (χ1n) is 5.63. The summed E-state index contributed by atoms with van der Waals surface area (Å²) in [6.45, 7) is 3.54. The molecule has 0 aliphatic carbocycles. The van der Waals surface area contributed by atoms with Crippen LogP contribution in [0.2, 0.25) is 0 Å². The predicted molar refractivity (Wildman–Crippen MR) is 65.5 cm³/mol. The van der Waals surface area contributed by atoms with E-state index < -0.39 is 12.0 Å². The summed E-state index contributed by atoms with van der Waals surface area (Å²) >= 11 is 1.44. The number of rotatable bonds is 3.